The van der Waals surface area contributed by atoms with Crippen molar-refractivity contribution in [3.05, 3.63) is 71.0 Å². The van der Waals surface area contributed by atoms with Crippen LogP contribution >= 0.6 is 23.2 Å². The van der Waals surface area contributed by atoms with Crippen LogP contribution in [0.25, 0.3) is 0 Å². The second-order valence-corrected chi connectivity index (χ2v) is 7.42. The first-order valence-corrected chi connectivity index (χ1v) is 9.20. The molecule has 0 amide bonds. The summed E-state index contributed by atoms with van der Waals surface area (Å²) in [5.41, 5.74) is 0.359. The monoisotopic (exact) mass is 395 g/mol. The van der Waals surface area contributed by atoms with Gasteiger partial charge in [-0.05, 0) is 48.5 Å². The number of hydrogen-bond acceptors (Lipinski definition) is 5. The van der Waals surface area contributed by atoms with E-state index in [0.717, 1.165) is 0 Å². The number of nitrogens with zero attached hydrogens (tertiary/aromatic N) is 2. The predicted molar refractivity (Wildman–Crippen MR) is 95.8 cm³/mol. The summed E-state index contributed by atoms with van der Waals surface area (Å²) in [5.74, 6) is 0.472. The lowest BCUT2D eigenvalue weighted by Crippen LogP contribution is -2.12. The van der Waals surface area contributed by atoms with Crippen molar-refractivity contribution >= 4 is 38.9 Å². The van der Waals surface area contributed by atoms with Crippen LogP contribution in [0.15, 0.2) is 65.8 Å². The number of sulfonamides is 1. The van der Waals surface area contributed by atoms with Crippen molar-refractivity contribution in [2.24, 2.45) is 0 Å². The fraction of sp³-hybridized carbons (Fsp3) is 0. The number of anilines is 1. The minimum Gasteiger partial charge on any atom is -0.424 e. The third-order valence-corrected chi connectivity index (χ3v) is 4.80. The average molecular weight is 396 g/mol. The van der Waals surface area contributed by atoms with Gasteiger partial charge in [0.15, 0.2) is 0 Å². The second kappa shape index (κ2) is 7.26. The van der Waals surface area contributed by atoms with Gasteiger partial charge in [0, 0.05) is 28.1 Å². The third kappa shape index (κ3) is 4.60. The van der Waals surface area contributed by atoms with E-state index in [0.29, 0.717) is 11.4 Å². The van der Waals surface area contributed by atoms with Gasteiger partial charge in [0.25, 0.3) is 10.0 Å². The highest BCUT2D eigenvalue weighted by Crippen LogP contribution is 2.25. The fourth-order valence-electron chi connectivity index (χ4n) is 1.93. The maximum Gasteiger partial charge on any atom is 0.321 e. The van der Waals surface area contributed by atoms with Crippen molar-refractivity contribution in [3.63, 3.8) is 0 Å². The van der Waals surface area contributed by atoms with Crippen molar-refractivity contribution in [1.82, 2.24) is 9.97 Å². The highest BCUT2D eigenvalue weighted by molar-refractivity contribution is 7.92. The van der Waals surface area contributed by atoms with Crippen LogP contribution in [0.1, 0.15) is 0 Å². The first kappa shape index (κ1) is 17.5. The topological polar surface area (TPSA) is 81.2 Å². The second-order valence-electron chi connectivity index (χ2n) is 4.87. The zero-order valence-electron chi connectivity index (χ0n) is 12.6. The summed E-state index contributed by atoms with van der Waals surface area (Å²) < 4.78 is 32.7. The van der Waals surface area contributed by atoms with Crippen LogP contribution in [0.4, 0.5) is 5.69 Å². The standard InChI is InChI=1S/C16H11Cl2N3O3S/c17-11-8-12(18)10-15(9-11)25(22,23)21-13-2-4-14(5-3-13)24-16-19-6-1-7-20-16/h1-10,21H. The Morgan fingerprint density at radius 3 is 2.12 bits per heavy atom. The Morgan fingerprint density at radius 1 is 0.920 bits per heavy atom. The molecule has 0 saturated heterocycles. The molecule has 1 heterocycles. The number of aromatic nitrogens is 2. The molecular formula is C16H11Cl2N3O3S. The summed E-state index contributed by atoms with van der Waals surface area (Å²) >= 11 is 11.7. The van der Waals surface area contributed by atoms with Crippen LogP contribution in [0.2, 0.25) is 10.0 Å². The molecule has 0 spiro atoms. The summed E-state index contributed by atoms with van der Waals surface area (Å²) in [4.78, 5) is 7.86. The van der Waals surface area contributed by atoms with E-state index in [1.807, 2.05) is 0 Å². The molecule has 0 unspecified atom stereocenters. The summed E-state index contributed by atoms with van der Waals surface area (Å²) in [6.45, 7) is 0. The van der Waals surface area contributed by atoms with Crippen molar-refractivity contribution < 1.29 is 13.2 Å². The van der Waals surface area contributed by atoms with Crippen molar-refractivity contribution in [2.45, 2.75) is 4.90 Å². The van der Waals surface area contributed by atoms with Gasteiger partial charge in [-0.3, -0.25) is 4.72 Å². The molecule has 3 rings (SSSR count). The van der Waals surface area contributed by atoms with E-state index in [9.17, 15) is 8.42 Å². The molecule has 0 bridgehead atoms. The SMILES string of the molecule is O=S(=O)(Nc1ccc(Oc2ncccn2)cc1)c1cc(Cl)cc(Cl)c1. The van der Waals surface area contributed by atoms with Crippen molar-refractivity contribution in [3.8, 4) is 11.8 Å². The zero-order chi connectivity index (χ0) is 17.9. The Labute approximate surface area is 154 Å². The lowest BCUT2D eigenvalue weighted by Gasteiger charge is -2.10. The smallest absolute Gasteiger partial charge is 0.321 e. The molecule has 3 aromatic rings. The molecule has 0 aliphatic heterocycles. The van der Waals surface area contributed by atoms with Crippen LogP contribution in [-0.2, 0) is 10.0 Å². The van der Waals surface area contributed by atoms with E-state index < -0.39 is 10.0 Å². The minimum absolute atomic E-state index is 0.0250. The average Bonchev–Trinajstić information content (AvgIpc) is 2.56. The molecule has 0 aliphatic carbocycles. The highest BCUT2D eigenvalue weighted by Gasteiger charge is 2.16. The van der Waals surface area contributed by atoms with E-state index in [1.165, 1.54) is 18.2 Å². The molecule has 1 aromatic heterocycles. The molecule has 1 N–H and O–H groups in total. The maximum atomic E-state index is 12.4. The number of hydrogen-bond donors (Lipinski definition) is 1. The molecule has 0 fully saturated rings. The Hall–Kier alpha value is -2.35. The summed E-state index contributed by atoms with van der Waals surface area (Å²) in [6.07, 6.45) is 3.11. The number of ether oxygens (including phenoxy) is 1. The Bertz CT molecular complexity index is 961. The van der Waals surface area contributed by atoms with Gasteiger partial charge in [0.2, 0.25) is 0 Å². The highest BCUT2D eigenvalue weighted by atomic mass is 35.5. The number of rotatable bonds is 5. The lowest BCUT2D eigenvalue weighted by molar-refractivity contribution is 0.442. The first-order valence-electron chi connectivity index (χ1n) is 6.96. The molecule has 0 aliphatic rings. The van der Waals surface area contributed by atoms with Gasteiger partial charge >= 0.3 is 6.01 Å². The molecular weight excluding hydrogens is 385 g/mol. The number of benzene rings is 2. The summed E-state index contributed by atoms with van der Waals surface area (Å²) in [6, 6.07) is 12.3. The van der Waals surface area contributed by atoms with Crippen molar-refractivity contribution in [1.29, 1.82) is 0 Å². The molecule has 0 atom stereocenters. The molecule has 2 aromatic carbocycles. The number of nitrogens with one attached hydrogen (secondary N) is 1. The van der Waals surface area contributed by atoms with Gasteiger partial charge < -0.3 is 4.74 Å². The normalized spacial score (nSPS) is 11.1. The van der Waals surface area contributed by atoms with E-state index in [1.54, 1.807) is 42.7 Å². The molecule has 25 heavy (non-hydrogen) atoms. The first-order chi connectivity index (χ1) is 11.9. The number of halogens is 2. The van der Waals surface area contributed by atoms with Gasteiger partial charge in [-0.2, -0.15) is 0 Å². The summed E-state index contributed by atoms with van der Waals surface area (Å²) in [7, 11) is -3.81. The van der Waals surface area contributed by atoms with Crippen LogP contribution in [0.5, 0.6) is 11.8 Å². The molecule has 0 saturated carbocycles. The van der Waals surface area contributed by atoms with Crippen LogP contribution in [0, 0.1) is 0 Å². The van der Waals surface area contributed by atoms with Gasteiger partial charge in [-0.15, -0.1) is 0 Å². The molecule has 6 nitrogen and oxygen atoms in total. The zero-order valence-corrected chi connectivity index (χ0v) is 14.9. The van der Waals surface area contributed by atoms with E-state index in [-0.39, 0.29) is 21.0 Å². The van der Waals surface area contributed by atoms with Crippen LogP contribution < -0.4 is 9.46 Å². The fourth-order valence-corrected chi connectivity index (χ4v) is 3.72. The van der Waals surface area contributed by atoms with Crippen LogP contribution in [-0.4, -0.2) is 18.4 Å². The molecule has 0 radical (unpaired) electrons. The largest absolute Gasteiger partial charge is 0.424 e. The lowest BCUT2D eigenvalue weighted by atomic mass is 10.3. The Kier molecular flexibility index (Phi) is 5.08. The van der Waals surface area contributed by atoms with E-state index >= 15 is 0 Å². The summed E-state index contributed by atoms with van der Waals surface area (Å²) in [5, 5.41) is 0.471. The van der Waals surface area contributed by atoms with E-state index in [4.69, 9.17) is 27.9 Å². The van der Waals surface area contributed by atoms with E-state index in [2.05, 4.69) is 14.7 Å². The molecule has 9 heteroatoms. The maximum absolute atomic E-state index is 12.4. The Balaban J connectivity index is 1.76. The van der Waals surface area contributed by atoms with Gasteiger partial charge in [0.1, 0.15) is 5.75 Å². The van der Waals surface area contributed by atoms with Gasteiger partial charge in [-0.1, -0.05) is 23.2 Å². The Morgan fingerprint density at radius 2 is 1.52 bits per heavy atom. The van der Waals surface area contributed by atoms with Gasteiger partial charge in [-0.25, -0.2) is 18.4 Å². The predicted octanol–water partition coefficient (Wildman–Crippen LogP) is 4.38. The van der Waals surface area contributed by atoms with Crippen molar-refractivity contribution in [2.75, 3.05) is 4.72 Å². The minimum atomic E-state index is -3.81. The molecule has 128 valence electrons. The van der Waals surface area contributed by atoms with Gasteiger partial charge in [0.05, 0.1) is 4.90 Å². The third-order valence-electron chi connectivity index (χ3n) is 3.00. The quantitative estimate of drug-likeness (QED) is 0.693. The van der Waals surface area contributed by atoms with Crippen LogP contribution in [0.3, 0.4) is 0 Å².